The van der Waals surface area contributed by atoms with Gasteiger partial charge >= 0.3 is 5.95 Å². The van der Waals surface area contributed by atoms with Crippen molar-refractivity contribution in [2.45, 2.75) is 44.4 Å². The fraction of sp³-hybridized carbons (Fsp3) is 0.516. The number of pyridine rings is 2. The average molecular weight is 649 g/mol. The van der Waals surface area contributed by atoms with Crippen molar-refractivity contribution in [1.29, 1.82) is 0 Å². The highest BCUT2D eigenvalue weighted by molar-refractivity contribution is 5.87. The summed E-state index contributed by atoms with van der Waals surface area (Å²) in [6, 6.07) is 4.04. The van der Waals surface area contributed by atoms with E-state index in [2.05, 4.69) is 35.1 Å². The quantitative estimate of drug-likeness (QED) is 0.166. The van der Waals surface area contributed by atoms with Crippen LogP contribution in [0.4, 0.5) is 17.7 Å². The minimum absolute atomic E-state index is 0.0309. The molecule has 6 rings (SSSR count). The molecule has 2 aliphatic rings. The van der Waals surface area contributed by atoms with Crippen molar-refractivity contribution < 1.29 is 23.9 Å². The van der Waals surface area contributed by atoms with Gasteiger partial charge in [0.15, 0.2) is 11.4 Å². The second-order valence-corrected chi connectivity index (χ2v) is 11.9. The second-order valence-electron chi connectivity index (χ2n) is 11.9. The minimum Gasteiger partial charge on any atom is -0.489 e. The number of nitro groups is 1. The number of hydrogen-bond acceptors (Lipinski definition) is 14. The summed E-state index contributed by atoms with van der Waals surface area (Å²) in [5.41, 5.74) is 1.30. The predicted octanol–water partition coefficient (Wildman–Crippen LogP) is 3.22. The number of aromatic nitrogens is 6. The van der Waals surface area contributed by atoms with Crippen molar-refractivity contribution in [3.8, 4) is 17.4 Å². The number of imidazole rings is 1. The van der Waals surface area contributed by atoms with Crippen LogP contribution in [0.15, 0.2) is 36.9 Å². The molecule has 1 aliphatic carbocycles. The molecule has 0 spiro atoms. The van der Waals surface area contributed by atoms with Crippen LogP contribution in [0.2, 0.25) is 0 Å². The summed E-state index contributed by atoms with van der Waals surface area (Å²) in [6.07, 6.45) is 9.88. The van der Waals surface area contributed by atoms with Gasteiger partial charge in [-0.2, -0.15) is 4.98 Å². The topological polar surface area (TPSA) is 168 Å². The van der Waals surface area contributed by atoms with Crippen molar-refractivity contribution in [2.75, 3.05) is 63.8 Å². The summed E-state index contributed by atoms with van der Waals surface area (Å²) in [7, 11) is 5.59. The first kappa shape index (κ1) is 32.1. The number of likely N-dealkylation sites (N-methyl/N-ethyl adjacent to an activating group) is 1. The van der Waals surface area contributed by atoms with Crippen LogP contribution in [0.1, 0.15) is 31.4 Å². The van der Waals surface area contributed by atoms with E-state index in [1.165, 1.54) is 10.8 Å². The largest absolute Gasteiger partial charge is 0.489 e. The zero-order valence-electron chi connectivity index (χ0n) is 26.9. The molecule has 1 aliphatic heterocycles. The molecule has 0 atom stereocenters. The van der Waals surface area contributed by atoms with Crippen LogP contribution in [0.3, 0.4) is 0 Å². The molecule has 0 amide bonds. The van der Waals surface area contributed by atoms with E-state index in [1.54, 1.807) is 25.6 Å². The summed E-state index contributed by atoms with van der Waals surface area (Å²) < 4.78 is 25.2. The number of morpholine rings is 1. The van der Waals surface area contributed by atoms with Crippen LogP contribution in [-0.2, 0) is 18.4 Å². The van der Waals surface area contributed by atoms with Gasteiger partial charge < -0.3 is 44.2 Å². The van der Waals surface area contributed by atoms with Crippen molar-refractivity contribution in [3.05, 3.63) is 52.7 Å². The molecule has 5 heterocycles. The molecule has 1 saturated carbocycles. The van der Waals surface area contributed by atoms with Crippen LogP contribution >= 0.6 is 0 Å². The number of hydrogen-bond donors (Lipinski definition) is 1. The minimum atomic E-state index is -0.527. The number of rotatable bonds is 13. The van der Waals surface area contributed by atoms with Gasteiger partial charge in [0.05, 0.1) is 49.8 Å². The lowest BCUT2D eigenvalue weighted by Gasteiger charge is -2.31. The van der Waals surface area contributed by atoms with Crippen molar-refractivity contribution in [1.82, 2.24) is 34.4 Å². The molecule has 16 nitrogen and oxygen atoms in total. The van der Waals surface area contributed by atoms with Crippen LogP contribution < -0.4 is 24.4 Å². The molecule has 250 valence electrons. The van der Waals surface area contributed by atoms with E-state index in [-0.39, 0.29) is 24.7 Å². The standard InChI is InChI=1S/C31H40N10O6/c1-38(2)8-13-45-25-18-33-30(34-19-25)36-21-4-6-23(7-5-21)47-29-26-14-24(46-20-22-16-35-31(39(22)3)41(42)43)17-32-27(26)15-28(37-29)40-9-11-44-12-10-40/h14-19,21,23H,4-13,20H2,1-3H3,(H,33,34,36). The molecule has 1 saturated heterocycles. The first-order valence-electron chi connectivity index (χ1n) is 15.8. The Kier molecular flexibility index (Phi) is 10.1. The Balaban J connectivity index is 1.12. The van der Waals surface area contributed by atoms with Crippen LogP contribution in [0.25, 0.3) is 10.9 Å². The van der Waals surface area contributed by atoms with E-state index in [0.29, 0.717) is 48.8 Å². The number of nitrogens with zero attached hydrogens (tertiary/aromatic N) is 9. The smallest absolute Gasteiger partial charge is 0.434 e. The Hall–Kier alpha value is -4.83. The SMILES string of the molecule is CN(C)CCOc1cnc(NC2CCC(Oc3nc(N4CCOCC4)cc4ncc(OCc5cnc([N+](=O)[O-])n5C)cc34)CC2)nc1. The molecule has 0 radical (unpaired) electrons. The highest BCUT2D eigenvalue weighted by Crippen LogP contribution is 2.33. The van der Waals surface area contributed by atoms with Gasteiger partial charge in [-0.05, 0) is 50.8 Å². The van der Waals surface area contributed by atoms with Gasteiger partial charge in [-0.15, -0.1) is 0 Å². The Morgan fingerprint density at radius 2 is 1.74 bits per heavy atom. The van der Waals surface area contributed by atoms with Gasteiger partial charge in [0.2, 0.25) is 11.8 Å². The molecule has 0 aromatic carbocycles. The number of fused-ring (bicyclic) bond motifs is 1. The average Bonchev–Trinajstić information content (AvgIpc) is 3.46. The third kappa shape index (κ3) is 8.13. The predicted molar refractivity (Wildman–Crippen MR) is 173 cm³/mol. The summed E-state index contributed by atoms with van der Waals surface area (Å²) in [5.74, 6) is 2.78. The Bertz CT molecular complexity index is 1650. The number of anilines is 2. The van der Waals surface area contributed by atoms with E-state index in [9.17, 15) is 10.1 Å². The first-order valence-corrected chi connectivity index (χ1v) is 15.8. The molecular weight excluding hydrogens is 608 g/mol. The highest BCUT2D eigenvalue weighted by atomic mass is 16.6. The fourth-order valence-corrected chi connectivity index (χ4v) is 5.56. The van der Waals surface area contributed by atoms with E-state index in [4.69, 9.17) is 23.9 Å². The summed E-state index contributed by atoms with van der Waals surface area (Å²) in [6.45, 7) is 4.22. The van der Waals surface area contributed by atoms with Crippen molar-refractivity contribution >= 4 is 28.6 Å². The normalized spacial score (nSPS) is 18.3. The Morgan fingerprint density at radius 3 is 2.45 bits per heavy atom. The summed E-state index contributed by atoms with van der Waals surface area (Å²) >= 11 is 0. The van der Waals surface area contributed by atoms with Crippen molar-refractivity contribution in [3.63, 3.8) is 0 Å². The van der Waals surface area contributed by atoms with E-state index in [1.807, 2.05) is 26.2 Å². The second kappa shape index (κ2) is 14.7. The maximum absolute atomic E-state index is 11.2. The molecule has 0 bridgehead atoms. The van der Waals surface area contributed by atoms with E-state index < -0.39 is 4.92 Å². The molecule has 2 fully saturated rings. The number of ether oxygens (including phenoxy) is 4. The lowest BCUT2D eigenvalue weighted by molar-refractivity contribution is -0.396. The summed E-state index contributed by atoms with van der Waals surface area (Å²) in [4.78, 5) is 37.3. The lowest BCUT2D eigenvalue weighted by atomic mass is 9.93. The molecule has 4 aromatic heterocycles. The number of nitrogens with one attached hydrogen (secondary N) is 1. The van der Waals surface area contributed by atoms with Crippen LogP contribution in [-0.4, -0.2) is 105 Å². The molecule has 0 unspecified atom stereocenters. The molecule has 16 heteroatoms. The monoisotopic (exact) mass is 648 g/mol. The molecule has 47 heavy (non-hydrogen) atoms. The van der Waals surface area contributed by atoms with Gasteiger partial charge in [-0.3, -0.25) is 4.98 Å². The lowest BCUT2D eigenvalue weighted by Crippen LogP contribution is -2.37. The van der Waals surface area contributed by atoms with Gasteiger partial charge in [0.1, 0.15) is 37.1 Å². The van der Waals surface area contributed by atoms with Gasteiger partial charge in [-0.1, -0.05) is 4.98 Å². The summed E-state index contributed by atoms with van der Waals surface area (Å²) in [5, 5.41) is 15.4. The van der Waals surface area contributed by atoms with E-state index >= 15 is 0 Å². The third-order valence-electron chi connectivity index (χ3n) is 8.27. The molecular formula is C31H40N10O6. The zero-order chi connectivity index (χ0) is 32.8. The third-order valence-corrected chi connectivity index (χ3v) is 8.27. The van der Waals surface area contributed by atoms with Crippen LogP contribution in [0, 0.1) is 10.1 Å². The molecule has 4 aromatic rings. The van der Waals surface area contributed by atoms with E-state index in [0.717, 1.165) is 62.0 Å². The fourth-order valence-electron chi connectivity index (χ4n) is 5.56. The van der Waals surface area contributed by atoms with Gasteiger partial charge in [-0.25, -0.2) is 14.5 Å². The van der Waals surface area contributed by atoms with Gasteiger partial charge in [0, 0.05) is 31.7 Å². The Labute approximate surface area is 272 Å². The zero-order valence-corrected chi connectivity index (χ0v) is 26.9. The van der Waals surface area contributed by atoms with Crippen molar-refractivity contribution in [2.24, 2.45) is 7.05 Å². The maximum atomic E-state index is 11.2. The van der Waals surface area contributed by atoms with Crippen LogP contribution in [0.5, 0.6) is 17.4 Å². The molecule has 1 N–H and O–H groups in total. The highest BCUT2D eigenvalue weighted by Gasteiger charge is 2.26. The Morgan fingerprint density at radius 1 is 1.00 bits per heavy atom. The maximum Gasteiger partial charge on any atom is 0.434 e. The first-order chi connectivity index (χ1) is 22.8. The van der Waals surface area contributed by atoms with Gasteiger partial charge in [0.25, 0.3) is 0 Å².